The first-order valence-corrected chi connectivity index (χ1v) is 3.56. The number of hydrogen-bond donors (Lipinski definition) is 1. The standard InChI is InChI=1S/C8H17N/c1-8(2)6-4-5-7-9-3/h9H,1,4-7H2,2-3H3. The summed E-state index contributed by atoms with van der Waals surface area (Å²) in [6.07, 6.45) is 3.72. The van der Waals surface area contributed by atoms with Crippen LogP contribution in [0.25, 0.3) is 0 Å². The Morgan fingerprint density at radius 2 is 2.11 bits per heavy atom. The van der Waals surface area contributed by atoms with Gasteiger partial charge in [0, 0.05) is 0 Å². The molecule has 0 amide bonds. The first-order chi connectivity index (χ1) is 4.27. The average Bonchev–Trinajstić information content (AvgIpc) is 1.80. The molecule has 0 aromatic rings. The minimum absolute atomic E-state index is 1.13. The lowest BCUT2D eigenvalue weighted by Gasteiger charge is -1.98. The van der Waals surface area contributed by atoms with Crippen molar-refractivity contribution in [2.75, 3.05) is 13.6 Å². The normalized spacial score (nSPS) is 9.56. The molecule has 0 saturated heterocycles. The van der Waals surface area contributed by atoms with Crippen LogP contribution in [0.5, 0.6) is 0 Å². The fraction of sp³-hybridized carbons (Fsp3) is 0.750. The van der Waals surface area contributed by atoms with Crippen molar-refractivity contribution in [3.8, 4) is 0 Å². The molecule has 0 radical (unpaired) electrons. The second-order valence-electron chi connectivity index (χ2n) is 2.52. The molecule has 0 aromatic carbocycles. The highest BCUT2D eigenvalue weighted by molar-refractivity contribution is 4.87. The number of rotatable bonds is 5. The maximum absolute atomic E-state index is 3.83. The van der Waals surface area contributed by atoms with Crippen molar-refractivity contribution in [2.24, 2.45) is 0 Å². The molecule has 0 spiro atoms. The van der Waals surface area contributed by atoms with Crippen molar-refractivity contribution in [1.29, 1.82) is 0 Å². The Hall–Kier alpha value is -0.300. The average molecular weight is 127 g/mol. The maximum atomic E-state index is 3.83. The van der Waals surface area contributed by atoms with Gasteiger partial charge in [-0.15, -0.1) is 6.58 Å². The number of unbranched alkanes of at least 4 members (excludes halogenated alkanes) is 1. The van der Waals surface area contributed by atoms with Crippen LogP contribution in [-0.4, -0.2) is 13.6 Å². The molecular weight excluding hydrogens is 110 g/mol. The van der Waals surface area contributed by atoms with Crippen LogP contribution in [0.15, 0.2) is 12.2 Å². The number of allylic oxidation sites excluding steroid dienone is 1. The van der Waals surface area contributed by atoms with Crippen LogP contribution in [0.1, 0.15) is 26.2 Å². The molecule has 0 bridgehead atoms. The van der Waals surface area contributed by atoms with Gasteiger partial charge in [-0.25, -0.2) is 0 Å². The summed E-state index contributed by atoms with van der Waals surface area (Å²) in [5, 5.41) is 3.11. The maximum Gasteiger partial charge on any atom is -0.00518 e. The van der Waals surface area contributed by atoms with E-state index in [0.717, 1.165) is 6.54 Å². The largest absolute Gasteiger partial charge is 0.320 e. The summed E-state index contributed by atoms with van der Waals surface area (Å²) >= 11 is 0. The first-order valence-electron chi connectivity index (χ1n) is 3.56. The van der Waals surface area contributed by atoms with Gasteiger partial charge in [0.15, 0.2) is 0 Å². The molecule has 0 aliphatic carbocycles. The van der Waals surface area contributed by atoms with Gasteiger partial charge in [0.25, 0.3) is 0 Å². The molecule has 0 fully saturated rings. The minimum atomic E-state index is 1.13. The Morgan fingerprint density at radius 1 is 1.44 bits per heavy atom. The van der Waals surface area contributed by atoms with E-state index in [4.69, 9.17) is 0 Å². The highest BCUT2D eigenvalue weighted by Gasteiger charge is 1.86. The predicted molar refractivity (Wildman–Crippen MR) is 42.6 cm³/mol. The van der Waals surface area contributed by atoms with Gasteiger partial charge < -0.3 is 5.32 Å². The van der Waals surface area contributed by atoms with Gasteiger partial charge in [0.2, 0.25) is 0 Å². The summed E-state index contributed by atoms with van der Waals surface area (Å²) in [5.41, 5.74) is 1.30. The molecule has 0 aromatic heterocycles. The molecule has 0 rings (SSSR count). The Morgan fingerprint density at radius 3 is 2.56 bits per heavy atom. The van der Waals surface area contributed by atoms with Crippen molar-refractivity contribution in [1.82, 2.24) is 5.32 Å². The van der Waals surface area contributed by atoms with Crippen LogP contribution in [-0.2, 0) is 0 Å². The van der Waals surface area contributed by atoms with E-state index in [1.165, 1.54) is 24.8 Å². The Labute approximate surface area is 58.2 Å². The molecule has 0 heterocycles. The highest BCUT2D eigenvalue weighted by Crippen LogP contribution is 2.01. The van der Waals surface area contributed by atoms with Gasteiger partial charge in [-0.05, 0) is 39.8 Å². The summed E-state index contributed by atoms with van der Waals surface area (Å²) in [5.74, 6) is 0. The van der Waals surface area contributed by atoms with Crippen molar-refractivity contribution in [3.05, 3.63) is 12.2 Å². The molecule has 0 aliphatic heterocycles. The fourth-order valence-corrected chi connectivity index (χ4v) is 0.729. The van der Waals surface area contributed by atoms with E-state index >= 15 is 0 Å². The molecular formula is C8H17N. The quantitative estimate of drug-likeness (QED) is 0.439. The van der Waals surface area contributed by atoms with Crippen LogP contribution in [0.4, 0.5) is 0 Å². The molecule has 1 heteroatoms. The third-order valence-corrected chi connectivity index (χ3v) is 1.28. The summed E-state index contributed by atoms with van der Waals surface area (Å²) < 4.78 is 0. The minimum Gasteiger partial charge on any atom is -0.320 e. The first kappa shape index (κ1) is 8.70. The molecule has 0 atom stereocenters. The van der Waals surface area contributed by atoms with Gasteiger partial charge >= 0.3 is 0 Å². The zero-order valence-electron chi connectivity index (χ0n) is 6.54. The summed E-state index contributed by atoms with van der Waals surface area (Å²) in [6, 6.07) is 0. The van der Waals surface area contributed by atoms with Crippen LogP contribution in [0.2, 0.25) is 0 Å². The van der Waals surface area contributed by atoms with Gasteiger partial charge in [-0.3, -0.25) is 0 Å². The topological polar surface area (TPSA) is 12.0 Å². The van der Waals surface area contributed by atoms with E-state index in [1.807, 2.05) is 7.05 Å². The van der Waals surface area contributed by atoms with E-state index in [9.17, 15) is 0 Å². The summed E-state index contributed by atoms with van der Waals surface area (Å²) in [6.45, 7) is 7.05. The molecule has 0 saturated carbocycles. The third-order valence-electron chi connectivity index (χ3n) is 1.28. The van der Waals surface area contributed by atoms with Gasteiger partial charge in [0.05, 0.1) is 0 Å². The second-order valence-corrected chi connectivity index (χ2v) is 2.52. The van der Waals surface area contributed by atoms with Crippen LogP contribution < -0.4 is 5.32 Å². The second kappa shape index (κ2) is 5.83. The molecule has 54 valence electrons. The van der Waals surface area contributed by atoms with Crippen LogP contribution in [0, 0.1) is 0 Å². The van der Waals surface area contributed by atoms with E-state index in [-0.39, 0.29) is 0 Å². The lowest BCUT2D eigenvalue weighted by molar-refractivity contribution is 0.675. The molecule has 0 unspecified atom stereocenters. The Balaban J connectivity index is 2.83. The number of nitrogens with one attached hydrogen (secondary N) is 1. The zero-order valence-corrected chi connectivity index (χ0v) is 6.54. The van der Waals surface area contributed by atoms with Crippen molar-refractivity contribution < 1.29 is 0 Å². The molecule has 0 aliphatic rings. The van der Waals surface area contributed by atoms with Crippen molar-refractivity contribution >= 4 is 0 Å². The smallest absolute Gasteiger partial charge is 0.00518 e. The summed E-state index contributed by atoms with van der Waals surface area (Å²) in [7, 11) is 1.99. The molecule has 1 N–H and O–H groups in total. The highest BCUT2D eigenvalue weighted by atomic mass is 14.8. The predicted octanol–water partition coefficient (Wildman–Crippen LogP) is 1.95. The Kier molecular flexibility index (Phi) is 5.64. The fourth-order valence-electron chi connectivity index (χ4n) is 0.729. The van der Waals surface area contributed by atoms with Gasteiger partial charge in [0.1, 0.15) is 0 Å². The van der Waals surface area contributed by atoms with Crippen LogP contribution in [0.3, 0.4) is 0 Å². The van der Waals surface area contributed by atoms with Crippen LogP contribution >= 0.6 is 0 Å². The van der Waals surface area contributed by atoms with Crippen molar-refractivity contribution in [3.63, 3.8) is 0 Å². The van der Waals surface area contributed by atoms with Crippen molar-refractivity contribution in [2.45, 2.75) is 26.2 Å². The molecule has 1 nitrogen and oxygen atoms in total. The third kappa shape index (κ3) is 7.70. The lowest BCUT2D eigenvalue weighted by Crippen LogP contribution is -2.06. The monoisotopic (exact) mass is 127 g/mol. The zero-order chi connectivity index (χ0) is 7.11. The van der Waals surface area contributed by atoms with E-state index in [0.29, 0.717) is 0 Å². The van der Waals surface area contributed by atoms with E-state index in [1.54, 1.807) is 0 Å². The Bertz CT molecular complexity index is 76.6. The van der Waals surface area contributed by atoms with E-state index < -0.39 is 0 Å². The SMILES string of the molecule is C=C(C)CCCCNC. The number of hydrogen-bond acceptors (Lipinski definition) is 1. The summed E-state index contributed by atoms with van der Waals surface area (Å²) in [4.78, 5) is 0. The lowest BCUT2D eigenvalue weighted by atomic mass is 10.1. The van der Waals surface area contributed by atoms with E-state index in [2.05, 4.69) is 18.8 Å². The van der Waals surface area contributed by atoms with Gasteiger partial charge in [-0.1, -0.05) is 5.57 Å². The van der Waals surface area contributed by atoms with Gasteiger partial charge in [-0.2, -0.15) is 0 Å². The molecule has 9 heavy (non-hydrogen) atoms.